The molecule has 7 aromatic carbocycles. The molecule has 1 unspecified atom stereocenters. The van der Waals surface area contributed by atoms with Crippen LogP contribution in [0.15, 0.2) is 146 Å². The van der Waals surface area contributed by atoms with Gasteiger partial charge in [0.25, 0.3) is 0 Å². The molecular weight excluding hydrogens is 544 g/mol. The highest BCUT2D eigenvalue weighted by Gasteiger charge is 2.53. The number of hydrogen-bond acceptors (Lipinski definition) is 1. The van der Waals surface area contributed by atoms with E-state index in [2.05, 4.69) is 159 Å². The Morgan fingerprint density at radius 2 is 0.978 bits per heavy atom. The zero-order chi connectivity index (χ0) is 29.9. The predicted molar refractivity (Wildman–Crippen MR) is 184 cm³/mol. The van der Waals surface area contributed by atoms with Crippen molar-refractivity contribution >= 4 is 10.8 Å². The molecule has 10 rings (SSSR count). The van der Waals surface area contributed by atoms with Gasteiger partial charge >= 0.3 is 0 Å². The van der Waals surface area contributed by atoms with Crippen LogP contribution in [0.25, 0.3) is 44.2 Å². The van der Waals surface area contributed by atoms with Gasteiger partial charge in [0.05, 0.1) is 5.41 Å². The second-order valence-electron chi connectivity index (χ2n) is 13.2. The molecule has 0 radical (unpaired) electrons. The first-order valence-corrected chi connectivity index (χ1v) is 15.9. The molecule has 212 valence electrons. The van der Waals surface area contributed by atoms with Crippen LogP contribution in [0.4, 0.5) is 0 Å². The van der Waals surface area contributed by atoms with E-state index in [4.69, 9.17) is 4.74 Å². The Morgan fingerprint density at radius 1 is 0.400 bits per heavy atom. The van der Waals surface area contributed by atoms with Crippen LogP contribution >= 0.6 is 0 Å². The summed E-state index contributed by atoms with van der Waals surface area (Å²) in [5.74, 6) is 1.89. The molecule has 0 N–H and O–H groups in total. The van der Waals surface area contributed by atoms with Gasteiger partial charge in [-0.3, -0.25) is 0 Å². The van der Waals surface area contributed by atoms with Gasteiger partial charge in [-0.25, -0.2) is 0 Å². The fourth-order valence-electron chi connectivity index (χ4n) is 9.00. The molecule has 45 heavy (non-hydrogen) atoms. The summed E-state index contributed by atoms with van der Waals surface area (Å²) in [4.78, 5) is 0. The largest absolute Gasteiger partial charge is 0.457 e. The molecule has 1 heteroatoms. The first-order valence-electron chi connectivity index (χ1n) is 15.9. The van der Waals surface area contributed by atoms with Gasteiger partial charge in [-0.15, -0.1) is 0 Å². The molecule has 3 aliphatic rings. The van der Waals surface area contributed by atoms with Crippen LogP contribution in [-0.2, 0) is 10.8 Å². The Labute approximate surface area is 263 Å². The molecule has 0 aromatic heterocycles. The molecule has 1 heterocycles. The topological polar surface area (TPSA) is 9.23 Å². The molecule has 1 nitrogen and oxygen atoms in total. The van der Waals surface area contributed by atoms with Crippen molar-refractivity contribution in [1.29, 1.82) is 0 Å². The van der Waals surface area contributed by atoms with E-state index in [1.807, 2.05) is 0 Å². The van der Waals surface area contributed by atoms with E-state index < -0.39 is 5.41 Å². The van der Waals surface area contributed by atoms with Crippen molar-refractivity contribution in [2.45, 2.75) is 24.7 Å². The molecule has 0 fully saturated rings. The van der Waals surface area contributed by atoms with Crippen LogP contribution in [0.3, 0.4) is 0 Å². The zero-order valence-corrected chi connectivity index (χ0v) is 25.3. The average molecular weight is 575 g/mol. The lowest BCUT2D eigenvalue weighted by Gasteiger charge is -2.36. The van der Waals surface area contributed by atoms with Gasteiger partial charge in [-0.05, 0) is 78.5 Å². The number of fused-ring (bicyclic) bond motifs is 14. The number of benzene rings is 7. The van der Waals surface area contributed by atoms with E-state index in [0.717, 1.165) is 11.5 Å². The first kappa shape index (κ1) is 25.0. The molecule has 1 atom stereocenters. The van der Waals surface area contributed by atoms with Crippen molar-refractivity contribution in [2.24, 2.45) is 0 Å². The zero-order valence-electron chi connectivity index (χ0n) is 25.3. The summed E-state index contributed by atoms with van der Waals surface area (Å²) in [5, 5.41) is 2.60. The summed E-state index contributed by atoms with van der Waals surface area (Å²) in [6, 6.07) is 53.8. The molecule has 7 aromatic rings. The quantitative estimate of drug-likeness (QED) is 0.189. The van der Waals surface area contributed by atoms with E-state index in [0.29, 0.717) is 0 Å². The average Bonchev–Trinajstić information content (AvgIpc) is 3.56. The van der Waals surface area contributed by atoms with E-state index >= 15 is 0 Å². The van der Waals surface area contributed by atoms with Crippen LogP contribution in [-0.4, -0.2) is 0 Å². The minimum absolute atomic E-state index is 0.234. The first-order chi connectivity index (χ1) is 22.1. The molecule has 1 spiro atoms. The highest BCUT2D eigenvalue weighted by atomic mass is 16.5. The van der Waals surface area contributed by atoms with Crippen molar-refractivity contribution in [3.8, 4) is 44.9 Å². The second-order valence-corrected chi connectivity index (χ2v) is 13.2. The predicted octanol–water partition coefficient (Wildman–Crippen LogP) is 11.3. The standard InChI is InChI=1S/C44H30O/c1-43(2)36-21-9-10-23-38(36)45-39-24-12-18-31(42(39)43)30-17-11-22-37-40(30)33-16-6-8-20-35(33)44(37)34-19-7-5-15-29(34)32-26-25-27-13-3-4-14-28(27)41(32)44/h3-26H,1-2H3. The third-order valence-electron chi connectivity index (χ3n) is 10.7. The van der Waals surface area contributed by atoms with E-state index in [1.54, 1.807) is 0 Å². The Balaban J connectivity index is 1.34. The van der Waals surface area contributed by atoms with Gasteiger partial charge in [-0.2, -0.15) is 0 Å². The number of ether oxygens (including phenoxy) is 1. The smallest absolute Gasteiger partial charge is 0.132 e. The van der Waals surface area contributed by atoms with Crippen molar-refractivity contribution in [2.75, 3.05) is 0 Å². The third-order valence-corrected chi connectivity index (χ3v) is 10.7. The number of rotatable bonds is 1. The van der Waals surface area contributed by atoms with Crippen molar-refractivity contribution in [3.05, 3.63) is 179 Å². The van der Waals surface area contributed by atoms with Crippen molar-refractivity contribution in [3.63, 3.8) is 0 Å². The Morgan fingerprint density at radius 3 is 1.84 bits per heavy atom. The van der Waals surface area contributed by atoms with Crippen molar-refractivity contribution < 1.29 is 4.74 Å². The van der Waals surface area contributed by atoms with Gasteiger partial charge in [-0.1, -0.05) is 147 Å². The summed E-state index contributed by atoms with van der Waals surface area (Å²) in [6.07, 6.45) is 0. The minimum atomic E-state index is -0.414. The van der Waals surface area contributed by atoms with E-state index in [9.17, 15) is 0 Å². The molecule has 2 aliphatic carbocycles. The molecule has 0 bridgehead atoms. The highest BCUT2D eigenvalue weighted by Crippen LogP contribution is 2.65. The maximum atomic E-state index is 6.60. The van der Waals surface area contributed by atoms with E-state index in [1.165, 1.54) is 77.5 Å². The van der Waals surface area contributed by atoms with Gasteiger partial charge in [0, 0.05) is 16.5 Å². The van der Waals surface area contributed by atoms with Crippen LogP contribution in [0.2, 0.25) is 0 Å². The molecule has 0 saturated carbocycles. The van der Waals surface area contributed by atoms with Crippen LogP contribution in [0, 0.1) is 0 Å². The lowest BCUT2D eigenvalue weighted by Crippen LogP contribution is -2.26. The maximum absolute atomic E-state index is 6.60. The Kier molecular flexibility index (Phi) is 4.78. The summed E-state index contributed by atoms with van der Waals surface area (Å²) in [5.41, 5.74) is 15.1. The fraction of sp³-hybridized carbons (Fsp3) is 0.0909. The maximum Gasteiger partial charge on any atom is 0.132 e. The molecule has 1 aliphatic heterocycles. The van der Waals surface area contributed by atoms with E-state index in [-0.39, 0.29) is 5.41 Å². The Hall–Kier alpha value is -5.40. The third kappa shape index (κ3) is 2.99. The van der Waals surface area contributed by atoms with Crippen LogP contribution in [0.1, 0.15) is 47.2 Å². The summed E-state index contributed by atoms with van der Waals surface area (Å²) in [7, 11) is 0. The highest BCUT2D eigenvalue weighted by molar-refractivity contribution is 6.06. The fourth-order valence-corrected chi connectivity index (χ4v) is 9.00. The van der Waals surface area contributed by atoms with Crippen LogP contribution in [0.5, 0.6) is 11.5 Å². The molecule has 0 amide bonds. The molecular formula is C44H30O. The summed E-state index contributed by atoms with van der Waals surface area (Å²) >= 11 is 0. The monoisotopic (exact) mass is 574 g/mol. The minimum Gasteiger partial charge on any atom is -0.457 e. The summed E-state index contributed by atoms with van der Waals surface area (Å²) < 4.78 is 6.60. The SMILES string of the molecule is CC1(C)c2ccccc2Oc2cccc(-c3cccc4c3-c3ccccc3C43c4ccccc4-c4ccc5ccccc5c43)c21. The van der Waals surface area contributed by atoms with Crippen molar-refractivity contribution in [1.82, 2.24) is 0 Å². The van der Waals surface area contributed by atoms with Gasteiger partial charge in [0.1, 0.15) is 11.5 Å². The lowest BCUT2D eigenvalue weighted by molar-refractivity contribution is 0.419. The second kappa shape index (κ2) is 8.61. The van der Waals surface area contributed by atoms with Crippen LogP contribution < -0.4 is 4.74 Å². The van der Waals surface area contributed by atoms with Gasteiger partial charge in [0.2, 0.25) is 0 Å². The normalized spacial score (nSPS) is 17.6. The Bertz CT molecular complexity index is 2390. The lowest BCUT2D eigenvalue weighted by atomic mass is 9.69. The summed E-state index contributed by atoms with van der Waals surface area (Å²) in [6.45, 7) is 4.68. The number of para-hydroxylation sites is 1. The van der Waals surface area contributed by atoms with Gasteiger partial charge < -0.3 is 4.74 Å². The number of hydrogen-bond donors (Lipinski definition) is 0. The molecule has 0 saturated heterocycles. The van der Waals surface area contributed by atoms with Gasteiger partial charge in [0.15, 0.2) is 0 Å².